The molecule has 1 aromatic heterocycles. The first-order valence-electron chi connectivity index (χ1n) is 10.5. The van der Waals surface area contributed by atoms with Gasteiger partial charge >= 0.3 is 18.3 Å². The van der Waals surface area contributed by atoms with E-state index < -0.39 is 47.1 Å². The maximum absolute atomic E-state index is 13.8. The summed E-state index contributed by atoms with van der Waals surface area (Å²) in [6, 6.07) is 7.31. The lowest BCUT2D eigenvalue weighted by Gasteiger charge is -2.17. The average Bonchev–Trinajstić information content (AvgIpc) is 3.09. The number of amides is 1. The molecule has 2 aromatic carbocycles. The Labute approximate surface area is 201 Å². The molecule has 12 heteroatoms. The van der Waals surface area contributed by atoms with Gasteiger partial charge in [0.2, 0.25) is 0 Å². The van der Waals surface area contributed by atoms with E-state index in [1.54, 1.807) is 6.92 Å². The minimum Gasteiger partial charge on any atom is -0.478 e. The van der Waals surface area contributed by atoms with E-state index in [4.69, 9.17) is 5.11 Å². The van der Waals surface area contributed by atoms with E-state index >= 15 is 0 Å². The monoisotopic (exact) mass is 513 g/mol. The van der Waals surface area contributed by atoms with Gasteiger partial charge in [0.25, 0.3) is 5.91 Å². The van der Waals surface area contributed by atoms with Gasteiger partial charge in [-0.05, 0) is 48.7 Å². The van der Waals surface area contributed by atoms with E-state index in [-0.39, 0.29) is 23.2 Å². The number of aromatic nitrogens is 2. The topological polar surface area (TPSA) is 84.2 Å². The van der Waals surface area contributed by atoms with E-state index in [0.717, 1.165) is 31.3 Å². The Morgan fingerprint density at radius 1 is 1.03 bits per heavy atom. The molecule has 36 heavy (non-hydrogen) atoms. The fraction of sp³-hybridized carbons (Fsp3) is 0.292. The van der Waals surface area contributed by atoms with Crippen LogP contribution in [0.15, 0.2) is 42.5 Å². The van der Waals surface area contributed by atoms with Gasteiger partial charge in [-0.1, -0.05) is 24.3 Å². The molecule has 0 aliphatic rings. The molecule has 0 bridgehead atoms. The Hall–Kier alpha value is -3.83. The van der Waals surface area contributed by atoms with Crippen LogP contribution in [-0.4, -0.2) is 26.8 Å². The summed E-state index contributed by atoms with van der Waals surface area (Å²) in [5, 5.41) is 15.5. The predicted octanol–water partition coefficient (Wildman–Crippen LogP) is 5.55. The van der Waals surface area contributed by atoms with Gasteiger partial charge in [0, 0.05) is 13.5 Å². The minimum absolute atomic E-state index is 0.0442. The summed E-state index contributed by atoms with van der Waals surface area (Å²) in [6.07, 6.45) is -9.82. The number of halogens is 6. The lowest BCUT2D eigenvalue weighted by atomic mass is 10.00. The number of aromatic carboxylic acids is 1. The molecule has 0 radical (unpaired) electrons. The zero-order valence-electron chi connectivity index (χ0n) is 19.3. The molecule has 2 N–H and O–H groups in total. The molecular formula is C24H21F6N3O3. The number of rotatable bonds is 6. The summed E-state index contributed by atoms with van der Waals surface area (Å²) >= 11 is 0. The van der Waals surface area contributed by atoms with Gasteiger partial charge in [0.15, 0.2) is 5.69 Å². The van der Waals surface area contributed by atoms with Crippen molar-refractivity contribution in [2.45, 2.75) is 38.7 Å². The Morgan fingerprint density at radius 3 is 2.14 bits per heavy atom. The van der Waals surface area contributed by atoms with Crippen LogP contribution < -0.4 is 5.32 Å². The number of benzene rings is 2. The van der Waals surface area contributed by atoms with Crippen molar-refractivity contribution >= 4 is 11.9 Å². The number of carbonyl (C=O) groups is 2. The van der Waals surface area contributed by atoms with Gasteiger partial charge in [-0.15, -0.1) is 0 Å². The molecule has 0 aliphatic heterocycles. The van der Waals surface area contributed by atoms with Crippen LogP contribution in [0.2, 0.25) is 0 Å². The first-order chi connectivity index (χ1) is 16.6. The number of nitrogens with zero attached hydrogens (tertiary/aromatic N) is 2. The maximum Gasteiger partial charge on any atom is 0.433 e. The highest BCUT2D eigenvalue weighted by molar-refractivity contribution is 5.97. The van der Waals surface area contributed by atoms with Gasteiger partial charge in [-0.3, -0.25) is 9.48 Å². The number of carboxylic acids is 1. The minimum atomic E-state index is -4.93. The van der Waals surface area contributed by atoms with Gasteiger partial charge < -0.3 is 10.4 Å². The molecule has 0 saturated heterocycles. The van der Waals surface area contributed by atoms with Crippen molar-refractivity contribution in [3.05, 3.63) is 87.2 Å². The van der Waals surface area contributed by atoms with E-state index in [9.17, 15) is 35.9 Å². The number of alkyl halides is 6. The van der Waals surface area contributed by atoms with Gasteiger partial charge in [-0.2, -0.15) is 31.4 Å². The highest BCUT2D eigenvalue weighted by Gasteiger charge is 2.41. The Bertz CT molecular complexity index is 1290. The van der Waals surface area contributed by atoms with E-state index in [2.05, 4.69) is 10.4 Å². The Kier molecular flexibility index (Phi) is 7.19. The van der Waals surface area contributed by atoms with Crippen molar-refractivity contribution < 1.29 is 41.0 Å². The molecule has 192 valence electrons. The van der Waals surface area contributed by atoms with Crippen molar-refractivity contribution in [3.8, 4) is 0 Å². The zero-order valence-corrected chi connectivity index (χ0v) is 19.3. The largest absolute Gasteiger partial charge is 0.478 e. The van der Waals surface area contributed by atoms with Gasteiger partial charge in [0.1, 0.15) is 0 Å². The maximum atomic E-state index is 13.8. The summed E-state index contributed by atoms with van der Waals surface area (Å²) in [7, 11) is 1.02. The van der Waals surface area contributed by atoms with Crippen LogP contribution in [0.3, 0.4) is 0 Å². The lowest BCUT2D eigenvalue weighted by Crippen LogP contribution is -2.30. The fourth-order valence-corrected chi connectivity index (χ4v) is 3.82. The molecule has 0 unspecified atom stereocenters. The normalized spacial score (nSPS) is 12.9. The van der Waals surface area contributed by atoms with Crippen molar-refractivity contribution in [1.29, 1.82) is 0 Å². The van der Waals surface area contributed by atoms with E-state index in [0.29, 0.717) is 15.8 Å². The highest BCUT2D eigenvalue weighted by Crippen LogP contribution is 2.35. The molecule has 0 aliphatic carbocycles. The number of carbonyl (C=O) groups excluding carboxylic acids is 1. The van der Waals surface area contributed by atoms with Crippen molar-refractivity contribution in [2.75, 3.05) is 0 Å². The Balaban J connectivity index is 1.95. The van der Waals surface area contributed by atoms with E-state index in [1.807, 2.05) is 0 Å². The highest BCUT2D eigenvalue weighted by atomic mass is 19.4. The first kappa shape index (κ1) is 26.8. The fourth-order valence-electron chi connectivity index (χ4n) is 3.82. The van der Waals surface area contributed by atoms with Crippen LogP contribution in [0, 0.1) is 6.92 Å². The number of carboxylic acid groups (broad SMARTS) is 1. The van der Waals surface area contributed by atoms with Crippen LogP contribution >= 0.6 is 0 Å². The van der Waals surface area contributed by atoms with E-state index in [1.165, 1.54) is 25.1 Å². The molecule has 1 heterocycles. The summed E-state index contributed by atoms with van der Waals surface area (Å²) in [6.45, 7) is 3.07. The molecule has 1 atom stereocenters. The number of aryl methyl sites for hydroxylation is 2. The number of nitrogens with one attached hydrogen (secondary N) is 1. The van der Waals surface area contributed by atoms with Crippen molar-refractivity contribution in [2.24, 2.45) is 7.05 Å². The number of hydrogen-bond donors (Lipinski definition) is 2. The molecular weight excluding hydrogens is 492 g/mol. The molecule has 0 spiro atoms. The second-order valence-corrected chi connectivity index (χ2v) is 8.24. The average molecular weight is 513 g/mol. The van der Waals surface area contributed by atoms with Gasteiger partial charge in [0.05, 0.1) is 28.4 Å². The second kappa shape index (κ2) is 9.67. The SMILES string of the molecule is Cc1cc([C@H](C)NC(=O)c2c(Cc3ccc(C(F)(F)F)cc3)nn(C)c2C(F)(F)F)ccc1C(=O)O. The number of hydrogen-bond acceptors (Lipinski definition) is 3. The van der Waals surface area contributed by atoms with Crippen LogP contribution in [0.5, 0.6) is 0 Å². The predicted molar refractivity (Wildman–Crippen MR) is 116 cm³/mol. The van der Waals surface area contributed by atoms with Crippen LogP contribution in [0.25, 0.3) is 0 Å². The summed E-state index contributed by atoms with van der Waals surface area (Å²) < 4.78 is 80.5. The quantitative estimate of drug-likeness (QED) is 0.424. The molecule has 0 saturated carbocycles. The van der Waals surface area contributed by atoms with Crippen LogP contribution in [0.1, 0.15) is 67.3 Å². The molecule has 6 nitrogen and oxygen atoms in total. The van der Waals surface area contributed by atoms with Crippen LogP contribution in [-0.2, 0) is 25.8 Å². The standard InChI is InChI=1S/C24H21F6N3O3/c1-12-10-15(6-9-17(12)22(35)36)13(2)31-21(34)19-18(32-33(3)20(19)24(28,29)30)11-14-4-7-16(8-5-14)23(25,26)27/h4-10,13H,11H2,1-3H3,(H,31,34)(H,35,36)/t13-/m0/s1. The summed E-state index contributed by atoms with van der Waals surface area (Å²) in [5.74, 6) is -2.22. The second-order valence-electron chi connectivity index (χ2n) is 8.24. The molecule has 3 aromatic rings. The third-order valence-electron chi connectivity index (χ3n) is 5.60. The Morgan fingerprint density at radius 2 is 1.64 bits per heavy atom. The van der Waals surface area contributed by atoms with Gasteiger partial charge in [-0.25, -0.2) is 4.79 Å². The summed E-state index contributed by atoms with van der Waals surface area (Å²) in [4.78, 5) is 24.3. The molecule has 1 amide bonds. The smallest absolute Gasteiger partial charge is 0.433 e. The zero-order chi connectivity index (χ0) is 27.0. The third kappa shape index (κ3) is 5.69. The molecule has 3 rings (SSSR count). The first-order valence-corrected chi connectivity index (χ1v) is 10.5. The van der Waals surface area contributed by atoms with Crippen LogP contribution in [0.4, 0.5) is 26.3 Å². The molecule has 0 fully saturated rings. The third-order valence-corrected chi connectivity index (χ3v) is 5.60. The van der Waals surface area contributed by atoms with Crippen molar-refractivity contribution in [1.82, 2.24) is 15.1 Å². The van der Waals surface area contributed by atoms with Crippen molar-refractivity contribution in [3.63, 3.8) is 0 Å². The summed E-state index contributed by atoms with van der Waals surface area (Å²) in [5.41, 5.74) is -2.07. The lowest BCUT2D eigenvalue weighted by molar-refractivity contribution is -0.144.